The van der Waals surface area contributed by atoms with Gasteiger partial charge < -0.3 is 19.7 Å². The lowest BCUT2D eigenvalue weighted by Gasteiger charge is -2.20. The number of thiophene rings is 1. The predicted octanol–water partition coefficient (Wildman–Crippen LogP) is 3.22. The molecule has 0 saturated heterocycles. The zero-order valence-corrected chi connectivity index (χ0v) is 16.0. The number of carbonyl (C=O) groups excluding carboxylic acids is 1. The fraction of sp³-hybridized carbons (Fsp3) is 0.118. The summed E-state index contributed by atoms with van der Waals surface area (Å²) < 4.78 is 20.2. The minimum Gasteiger partial charge on any atom is -0.326 e. The van der Waals surface area contributed by atoms with Crippen molar-refractivity contribution in [1.82, 2.24) is 9.97 Å². The molecule has 1 atom stereocenters. The Labute approximate surface area is 161 Å². The van der Waals surface area contributed by atoms with Crippen molar-refractivity contribution in [2.75, 3.05) is 29.2 Å². The van der Waals surface area contributed by atoms with E-state index < -0.39 is 11.1 Å². The third kappa shape index (κ3) is 3.07. The highest BCUT2D eigenvalue weighted by Gasteiger charge is 2.30. The quantitative estimate of drug-likeness (QED) is 0.650. The van der Waals surface area contributed by atoms with Crippen LogP contribution >= 0.6 is 11.3 Å². The summed E-state index contributed by atoms with van der Waals surface area (Å²) in [5.41, 5.74) is 2.10. The Morgan fingerprint density at radius 1 is 1.11 bits per heavy atom. The van der Waals surface area contributed by atoms with E-state index in [1.165, 1.54) is 11.3 Å². The predicted molar refractivity (Wildman–Crippen MR) is 106 cm³/mol. The molecule has 3 heterocycles. The number of rotatable bonds is 3. The van der Waals surface area contributed by atoms with Gasteiger partial charge >= 0.3 is 0 Å². The van der Waals surface area contributed by atoms with E-state index in [0.717, 1.165) is 5.69 Å². The Morgan fingerprint density at radius 2 is 1.85 bits per heavy atom. The molecule has 0 fully saturated rings. The molecule has 10 heteroatoms. The van der Waals surface area contributed by atoms with Gasteiger partial charge in [-0.05, 0) is 35.7 Å². The van der Waals surface area contributed by atoms with Crippen LogP contribution in [-0.4, -0.2) is 38.7 Å². The zero-order chi connectivity index (χ0) is 19.1. The second-order valence-electron chi connectivity index (χ2n) is 5.86. The maximum atomic E-state index is 12.7. The Morgan fingerprint density at radius 3 is 2.56 bits per heavy atom. The van der Waals surface area contributed by atoms with Gasteiger partial charge in [0.05, 0.1) is 16.8 Å². The summed E-state index contributed by atoms with van der Waals surface area (Å²) in [4.78, 5) is 25.9. The van der Waals surface area contributed by atoms with E-state index in [4.69, 9.17) is 4.55 Å². The van der Waals surface area contributed by atoms with Crippen molar-refractivity contribution in [3.8, 4) is 0 Å². The number of amides is 1. The first-order chi connectivity index (χ1) is 13.0. The summed E-state index contributed by atoms with van der Waals surface area (Å²) in [7, 11) is 3.56. The number of hydrogen-bond acceptors (Lipinski definition) is 7. The summed E-state index contributed by atoms with van der Waals surface area (Å²) in [6.45, 7) is 0. The van der Waals surface area contributed by atoms with E-state index in [-0.39, 0.29) is 5.91 Å². The van der Waals surface area contributed by atoms with E-state index >= 15 is 0 Å². The molecule has 2 N–H and O–H groups in total. The van der Waals surface area contributed by atoms with Crippen molar-refractivity contribution in [1.29, 1.82) is 0 Å². The standard InChI is InChI=1S/C17H15N5O3S2/c1-21-12-7-8-26-14(12)16(23)22(2)13-9-18-17(20-15(13)21)19-10-3-5-11(6-4-10)27(24)25/h3-9H,1-2H3,(H,24,25)(H,18,19,20). The maximum absolute atomic E-state index is 12.7. The van der Waals surface area contributed by atoms with Crippen molar-refractivity contribution in [2.24, 2.45) is 0 Å². The lowest BCUT2D eigenvalue weighted by atomic mass is 10.3. The third-order valence-corrected chi connectivity index (χ3v) is 5.81. The van der Waals surface area contributed by atoms with Gasteiger partial charge in [-0.2, -0.15) is 4.98 Å². The van der Waals surface area contributed by atoms with Gasteiger partial charge in [-0.15, -0.1) is 11.3 Å². The first-order valence-corrected chi connectivity index (χ1v) is 9.88. The number of aromatic nitrogens is 2. The second kappa shape index (κ2) is 6.72. The third-order valence-electron chi connectivity index (χ3n) is 4.25. The topological polar surface area (TPSA) is 98.7 Å². The van der Waals surface area contributed by atoms with Crippen LogP contribution < -0.4 is 15.1 Å². The van der Waals surface area contributed by atoms with Crippen LogP contribution in [-0.2, 0) is 11.1 Å². The summed E-state index contributed by atoms with van der Waals surface area (Å²) in [6, 6.07) is 8.35. The summed E-state index contributed by atoms with van der Waals surface area (Å²) in [5, 5.41) is 4.95. The van der Waals surface area contributed by atoms with Crippen LogP contribution in [0.5, 0.6) is 0 Å². The van der Waals surface area contributed by atoms with Gasteiger partial charge in [-0.3, -0.25) is 4.79 Å². The van der Waals surface area contributed by atoms with Gasteiger partial charge in [-0.25, -0.2) is 9.19 Å². The largest absolute Gasteiger partial charge is 0.326 e. The molecule has 0 bridgehead atoms. The van der Waals surface area contributed by atoms with E-state index in [9.17, 15) is 9.00 Å². The molecule has 1 aliphatic heterocycles. The normalized spacial score (nSPS) is 14.4. The molecule has 0 radical (unpaired) electrons. The second-order valence-corrected chi connectivity index (χ2v) is 7.74. The number of fused-ring (bicyclic) bond motifs is 2. The Bertz CT molecular complexity index is 1050. The Hall–Kier alpha value is -2.82. The van der Waals surface area contributed by atoms with Crippen LogP contribution in [0.4, 0.5) is 28.8 Å². The van der Waals surface area contributed by atoms with Gasteiger partial charge in [0.15, 0.2) is 16.9 Å². The van der Waals surface area contributed by atoms with Gasteiger partial charge in [0, 0.05) is 19.8 Å². The molecule has 2 aromatic heterocycles. The minimum absolute atomic E-state index is 0.0949. The zero-order valence-electron chi connectivity index (χ0n) is 14.4. The highest BCUT2D eigenvalue weighted by Crippen LogP contribution is 2.40. The minimum atomic E-state index is -2.02. The van der Waals surface area contributed by atoms with Crippen LogP contribution in [0, 0.1) is 0 Å². The van der Waals surface area contributed by atoms with Crippen LogP contribution in [0.3, 0.4) is 0 Å². The molecule has 1 aromatic carbocycles. The lowest BCUT2D eigenvalue weighted by molar-refractivity contribution is 0.0998. The molecule has 1 unspecified atom stereocenters. The molecular weight excluding hydrogens is 386 g/mol. The van der Waals surface area contributed by atoms with Gasteiger partial charge in [0.1, 0.15) is 10.6 Å². The van der Waals surface area contributed by atoms with E-state index in [1.54, 1.807) is 42.4 Å². The molecule has 8 nitrogen and oxygen atoms in total. The first kappa shape index (κ1) is 17.6. The molecule has 0 spiro atoms. The van der Waals surface area contributed by atoms with Crippen LogP contribution in [0.2, 0.25) is 0 Å². The SMILES string of the molecule is CN1C(=O)c2sccc2N(C)c2nc(Nc3ccc(S(=O)O)cc3)ncc21. The van der Waals surface area contributed by atoms with E-state index in [2.05, 4.69) is 15.3 Å². The number of hydrogen-bond donors (Lipinski definition) is 2. The fourth-order valence-electron chi connectivity index (χ4n) is 2.80. The van der Waals surface area contributed by atoms with Gasteiger partial charge in [0.2, 0.25) is 5.95 Å². The van der Waals surface area contributed by atoms with Crippen molar-refractivity contribution in [3.63, 3.8) is 0 Å². The number of nitrogens with zero attached hydrogens (tertiary/aromatic N) is 4. The van der Waals surface area contributed by atoms with E-state index in [1.807, 2.05) is 23.4 Å². The average Bonchev–Trinajstić information content (AvgIpc) is 3.14. The van der Waals surface area contributed by atoms with Crippen LogP contribution in [0.25, 0.3) is 0 Å². The van der Waals surface area contributed by atoms with Crippen molar-refractivity contribution in [2.45, 2.75) is 4.90 Å². The highest BCUT2D eigenvalue weighted by atomic mass is 32.2. The average molecular weight is 401 g/mol. The monoisotopic (exact) mass is 401 g/mol. The highest BCUT2D eigenvalue weighted by molar-refractivity contribution is 7.79. The Kier molecular flexibility index (Phi) is 4.38. The van der Waals surface area contributed by atoms with Crippen molar-refractivity contribution in [3.05, 3.63) is 46.8 Å². The van der Waals surface area contributed by atoms with Crippen LogP contribution in [0.1, 0.15) is 9.67 Å². The van der Waals surface area contributed by atoms with Gasteiger partial charge in [0.25, 0.3) is 5.91 Å². The summed E-state index contributed by atoms with van der Waals surface area (Å²) in [5.74, 6) is 0.870. The molecule has 138 valence electrons. The van der Waals surface area contributed by atoms with Crippen molar-refractivity contribution >= 4 is 57.2 Å². The van der Waals surface area contributed by atoms with Crippen molar-refractivity contribution < 1.29 is 13.6 Å². The number of anilines is 5. The lowest BCUT2D eigenvalue weighted by Crippen LogP contribution is -2.25. The maximum Gasteiger partial charge on any atom is 0.270 e. The molecule has 4 rings (SSSR count). The smallest absolute Gasteiger partial charge is 0.270 e. The number of nitrogens with one attached hydrogen (secondary N) is 1. The van der Waals surface area contributed by atoms with E-state index in [0.29, 0.717) is 32.9 Å². The first-order valence-electron chi connectivity index (χ1n) is 7.90. The number of carbonyl (C=O) groups is 1. The summed E-state index contributed by atoms with van der Waals surface area (Å²) in [6.07, 6.45) is 1.60. The molecule has 0 aliphatic carbocycles. The van der Waals surface area contributed by atoms with Crippen LogP contribution in [0.15, 0.2) is 46.8 Å². The summed E-state index contributed by atoms with van der Waals surface area (Å²) >= 11 is -0.626. The number of benzene rings is 1. The molecule has 27 heavy (non-hydrogen) atoms. The molecule has 1 amide bonds. The Balaban J connectivity index is 1.70. The molecule has 0 saturated carbocycles. The fourth-order valence-corrected chi connectivity index (χ4v) is 4.06. The molecule has 3 aromatic rings. The van der Waals surface area contributed by atoms with Gasteiger partial charge in [-0.1, -0.05) is 0 Å². The molecular formula is C17H15N5O3S2. The molecule has 1 aliphatic rings.